The second kappa shape index (κ2) is 8.39. The highest BCUT2D eigenvalue weighted by atomic mass is 32.2. The number of carboxylic acid groups (broad SMARTS) is 1. The lowest BCUT2D eigenvalue weighted by Gasteiger charge is -2.04. The SMILES string of the molecule is O=C(O)c1ccc(-c2cc(CSCCOc3ccccc3)on2)cc1. The smallest absolute Gasteiger partial charge is 0.335 e. The second-order valence-corrected chi connectivity index (χ2v) is 6.38. The van der Waals surface area contributed by atoms with Crippen LogP contribution in [0.5, 0.6) is 5.75 Å². The molecule has 0 saturated carbocycles. The number of aromatic nitrogens is 1. The molecule has 5 nitrogen and oxygen atoms in total. The predicted molar refractivity (Wildman–Crippen MR) is 97.0 cm³/mol. The maximum atomic E-state index is 10.9. The summed E-state index contributed by atoms with van der Waals surface area (Å²) in [5.41, 5.74) is 1.78. The van der Waals surface area contributed by atoms with E-state index in [1.165, 1.54) is 0 Å². The fraction of sp³-hybridized carbons (Fsp3) is 0.158. The van der Waals surface area contributed by atoms with Crippen molar-refractivity contribution >= 4 is 17.7 Å². The molecular weight excluding hydrogens is 338 g/mol. The number of nitrogens with zero attached hydrogens (tertiary/aromatic N) is 1. The van der Waals surface area contributed by atoms with E-state index in [2.05, 4.69) is 5.16 Å². The minimum absolute atomic E-state index is 0.251. The number of carboxylic acids is 1. The molecule has 128 valence electrons. The van der Waals surface area contributed by atoms with Gasteiger partial charge in [0, 0.05) is 17.4 Å². The van der Waals surface area contributed by atoms with E-state index >= 15 is 0 Å². The number of carbonyl (C=O) groups is 1. The van der Waals surface area contributed by atoms with Crippen molar-refractivity contribution in [1.29, 1.82) is 0 Å². The van der Waals surface area contributed by atoms with Crippen LogP contribution in [0.15, 0.2) is 65.2 Å². The molecule has 0 spiro atoms. The number of aromatic carboxylic acids is 1. The minimum Gasteiger partial charge on any atom is -0.493 e. The van der Waals surface area contributed by atoms with Crippen LogP contribution in [0.2, 0.25) is 0 Å². The zero-order chi connectivity index (χ0) is 17.5. The van der Waals surface area contributed by atoms with E-state index < -0.39 is 5.97 Å². The van der Waals surface area contributed by atoms with Crippen molar-refractivity contribution in [3.05, 3.63) is 72.0 Å². The Hall–Kier alpha value is -2.73. The fourth-order valence-corrected chi connectivity index (χ4v) is 2.89. The van der Waals surface area contributed by atoms with Crippen LogP contribution in [-0.2, 0) is 5.75 Å². The van der Waals surface area contributed by atoms with Crippen LogP contribution in [-0.4, -0.2) is 28.6 Å². The zero-order valence-electron chi connectivity index (χ0n) is 13.4. The molecular formula is C19H17NO4S. The first-order valence-electron chi connectivity index (χ1n) is 7.77. The van der Waals surface area contributed by atoms with Gasteiger partial charge in [0.25, 0.3) is 0 Å². The third-order valence-corrected chi connectivity index (χ3v) is 4.41. The highest BCUT2D eigenvalue weighted by molar-refractivity contribution is 7.98. The molecule has 0 atom stereocenters. The lowest BCUT2D eigenvalue weighted by Crippen LogP contribution is -1.99. The monoisotopic (exact) mass is 355 g/mol. The van der Waals surface area contributed by atoms with E-state index in [1.807, 2.05) is 36.4 Å². The molecule has 0 saturated heterocycles. The molecule has 1 aromatic heterocycles. The van der Waals surface area contributed by atoms with Crippen LogP contribution in [0.1, 0.15) is 16.1 Å². The fourth-order valence-electron chi connectivity index (χ4n) is 2.21. The minimum atomic E-state index is -0.943. The molecule has 0 radical (unpaired) electrons. The van der Waals surface area contributed by atoms with Crippen molar-refractivity contribution in [2.45, 2.75) is 5.75 Å². The number of benzene rings is 2. The van der Waals surface area contributed by atoms with E-state index in [0.717, 1.165) is 22.8 Å². The Labute approximate surface area is 149 Å². The predicted octanol–water partition coefficient (Wildman–Crippen LogP) is 4.35. The zero-order valence-corrected chi connectivity index (χ0v) is 14.2. The first-order valence-corrected chi connectivity index (χ1v) is 8.93. The first-order chi connectivity index (χ1) is 12.2. The van der Waals surface area contributed by atoms with Gasteiger partial charge in [0.15, 0.2) is 0 Å². The molecule has 3 rings (SSSR count). The quantitative estimate of drug-likeness (QED) is 0.606. The van der Waals surface area contributed by atoms with Gasteiger partial charge in [-0.25, -0.2) is 4.79 Å². The maximum absolute atomic E-state index is 10.9. The third kappa shape index (κ3) is 4.87. The van der Waals surface area contributed by atoms with E-state index in [9.17, 15) is 4.79 Å². The highest BCUT2D eigenvalue weighted by Crippen LogP contribution is 2.22. The van der Waals surface area contributed by atoms with Crippen molar-refractivity contribution < 1.29 is 19.2 Å². The Kier molecular flexibility index (Phi) is 5.74. The van der Waals surface area contributed by atoms with Gasteiger partial charge in [-0.15, -0.1) is 0 Å². The van der Waals surface area contributed by atoms with E-state index in [1.54, 1.807) is 36.0 Å². The lowest BCUT2D eigenvalue weighted by atomic mass is 10.1. The molecule has 0 amide bonds. The molecule has 0 aliphatic heterocycles. The Morgan fingerprint density at radius 1 is 1.12 bits per heavy atom. The molecule has 1 heterocycles. The van der Waals surface area contributed by atoms with Gasteiger partial charge < -0.3 is 14.4 Å². The van der Waals surface area contributed by atoms with Gasteiger partial charge in [-0.2, -0.15) is 11.8 Å². The Bertz CT molecular complexity index is 815. The largest absolute Gasteiger partial charge is 0.493 e. The molecule has 0 bridgehead atoms. The number of hydrogen-bond acceptors (Lipinski definition) is 5. The molecule has 0 aliphatic rings. The lowest BCUT2D eigenvalue weighted by molar-refractivity contribution is 0.0697. The van der Waals surface area contributed by atoms with Crippen LogP contribution in [0.25, 0.3) is 11.3 Å². The molecule has 0 unspecified atom stereocenters. The van der Waals surface area contributed by atoms with Gasteiger partial charge in [0.1, 0.15) is 17.2 Å². The molecule has 1 N–H and O–H groups in total. The molecule has 2 aromatic carbocycles. The molecule has 0 fully saturated rings. The van der Waals surface area contributed by atoms with Crippen molar-refractivity contribution in [1.82, 2.24) is 5.16 Å². The maximum Gasteiger partial charge on any atom is 0.335 e. The highest BCUT2D eigenvalue weighted by Gasteiger charge is 2.08. The third-order valence-electron chi connectivity index (χ3n) is 3.47. The van der Waals surface area contributed by atoms with Gasteiger partial charge >= 0.3 is 5.97 Å². The normalized spacial score (nSPS) is 10.6. The Balaban J connectivity index is 1.46. The number of para-hydroxylation sites is 1. The number of thioether (sulfide) groups is 1. The summed E-state index contributed by atoms with van der Waals surface area (Å²) < 4.78 is 11.0. The molecule has 3 aromatic rings. The van der Waals surface area contributed by atoms with Gasteiger partial charge in [-0.3, -0.25) is 0 Å². The summed E-state index contributed by atoms with van der Waals surface area (Å²) in [4.78, 5) is 10.9. The van der Waals surface area contributed by atoms with E-state index in [0.29, 0.717) is 18.1 Å². The van der Waals surface area contributed by atoms with E-state index in [4.69, 9.17) is 14.4 Å². The Morgan fingerprint density at radius 3 is 2.60 bits per heavy atom. The summed E-state index contributed by atoms with van der Waals surface area (Å²) in [5, 5.41) is 13.0. The Morgan fingerprint density at radius 2 is 1.88 bits per heavy atom. The average molecular weight is 355 g/mol. The van der Waals surface area contributed by atoms with Crippen molar-refractivity contribution in [2.24, 2.45) is 0 Å². The summed E-state index contributed by atoms with van der Waals surface area (Å²) in [6.07, 6.45) is 0. The number of hydrogen-bond donors (Lipinski definition) is 1. The summed E-state index contributed by atoms with van der Waals surface area (Å²) in [7, 11) is 0. The van der Waals surface area contributed by atoms with Crippen LogP contribution >= 0.6 is 11.8 Å². The summed E-state index contributed by atoms with van der Waals surface area (Å²) in [5.74, 6) is 2.26. The number of rotatable bonds is 8. The van der Waals surface area contributed by atoms with E-state index in [-0.39, 0.29) is 5.56 Å². The molecule has 0 aliphatic carbocycles. The van der Waals surface area contributed by atoms with Crippen LogP contribution in [0.3, 0.4) is 0 Å². The van der Waals surface area contributed by atoms with Crippen LogP contribution < -0.4 is 4.74 Å². The van der Waals surface area contributed by atoms with Gasteiger partial charge in [-0.1, -0.05) is 35.5 Å². The van der Waals surface area contributed by atoms with Crippen molar-refractivity contribution in [2.75, 3.05) is 12.4 Å². The first kappa shape index (κ1) is 17.1. The molecule has 25 heavy (non-hydrogen) atoms. The second-order valence-electron chi connectivity index (χ2n) is 5.28. The summed E-state index contributed by atoms with van der Waals surface area (Å²) in [6.45, 7) is 0.631. The van der Waals surface area contributed by atoms with Gasteiger partial charge in [0.05, 0.1) is 17.9 Å². The van der Waals surface area contributed by atoms with Crippen molar-refractivity contribution in [3.63, 3.8) is 0 Å². The van der Waals surface area contributed by atoms with Crippen molar-refractivity contribution in [3.8, 4) is 17.0 Å². The van der Waals surface area contributed by atoms with Gasteiger partial charge in [0.2, 0.25) is 0 Å². The van der Waals surface area contributed by atoms with Crippen LogP contribution in [0.4, 0.5) is 0 Å². The van der Waals surface area contributed by atoms with Gasteiger partial charge in [-0.05, 0) is 24.3 Å². The number of ether oxygens (including phenoxy) is 1. The standard InChI is InChI=1S/C19H17NO4S/c21-19(22)15-8-6-14(7-9-15)18-12-17(24-20-18)13-25-11-10-23-16-4-2-1-3-5-16/h1-9,12H,10-11,13H2,(H,21,22). The molecule has 6 heteroatoms. The average Bonchev–Trinajstić information content (AvgIpc) is 3.11. The summed E-state index contributed by atoms with van der Waals surface area (Å²) in [6, 6.07) is 18.2. The topological polar surface area (TPSA) is 72.6 Å². The van der Waals surface area contributed by atoms with Crippen LogP contribution in [0, 0.1) is 0 Å². The summed E-state index contributed by atoms with van der Waals surface area (Å²) >= 11 is 1.70.